The molecule has 0 aromatic heterocycles. The molecule has 0 N–H and O–H groups in total. The molecule has 3 heteroatoms. The highest BCUT2D eigenvalue weighted by atomic mass is 35.5. The summed E-state index contributed by atoms with van der Waals surface area (Å²) in [6.07, 6.45) is 0.179. The standard InChI is InChI=1S/C14H10ClFO/c15-12-5-2-4-11(9-12)14(17)8-10-3-1-6-13(16)7-10/h1-7,9H,8H2. The van der Waals surface area contributed by atoms with E-state index < -0.39 is 0 Å². The minimum atomic E-state index is -0.332. The molecule has 0 spiro atoms. The van der Waals surface area contributed by atoms with Gasteiger partial charge in [0, 0.05) is 17.0 Å². The quantitative estimate of drug-likeness (QED) is 0.753. The molecular formula is C14H10ClFO. The van der Waals surface area contributed by atoms with Gasteiger partial charge in [-0.25, -0.2) is 4.39 Å². The molecule has 0 saturated carbocycles. The highest BCUT2D eigenvalue weighted by Crippen LogP contribution is 2.13. The fraction of sp³-hybridized carbons (Fsp3) is 0.0714. The Morgan fingerprint density at radius 3 is 2.59 bits per heavy atom. The molecule has 2 rings (SSSR count). The van der Waals surface area contributed by atoms with Crippen LogP contribution < -0.4 is 0 Å². The van der Waals surface area contributed by atoms with Crippen molar-refractivity contribution in [3.05, 3.63) is 70.5 Å². The summed E-state index contributed by atoms with van der Waals surface area (Å²) in [4.78, 5) is 11.9. The molecule has 0 heterocycles. The molecule has 2 aromatic carbocycles. The summed E-state index contributed by atoms with van der Waals surface area (Å²) in [5, 5.41) is 0.523. The van der Waals surface area contributed by atoms with Crippen LogP contribution in [-0.2, 0) is 6.42 Å². The summed E-state index contributed by atoms with van der Waals surface area (Å²) in [7, 11) is 0. The zero-order chi connectivity index (χ0) is 12.3. The second-order valence-corrected chi connectivity index (χ2v) is 4.18. The van der Waals surface area contributed by atoms with Crippen LogP contribution in [0.25, 0.3) is 0 Å². The zero-order valence-corrected chi connectivity index (χ0v) is 9.75. The number of carbonyl (C=O) groups is 1. The lowest BCUT2D eigenvalue weighted by Gasteiger charge is -2.02. The first-order valence-electron chi connectivity index (χ1n) is 5.18. The van der Waals surface area contributed by atoms with Crippen molar-refractivity contribution >= 4 is 17.4 Å². The molecule has 86 valence electrons. The summed E-state index contributed by atoms with van der Waals surface area (Å²) in [6.45, 7) is 0. The van der Waals surface area contributed by atoms with Gasteiger partial charge in [0.1, 0.15) is 5.82 Å². The number of Topliss-reactive ketones (excluding diaryl/α,β-unsaturated/α-hetero) is 1. The van der Waals surface area contributed by atoms with Gasteiger partial charge >= 0.3 is 0 Å². The van der Waals surface area contributed by atoms with E-state index in [2.05, 4.69) is 0 Å². The lowest BCUT2D eigenvalue weighted by atomic mass is 10.0. The molecule has 0 aliphatic carbocycles. The fourth-order valence-electron chi connectivity index (χ4n) is 1.60. The van der Waals surface area contributed by atoms with Gasteiger partial charge in [0.25, 0.3) is 0 Å². The van der Waals surface area contributed by atoms with E-state index in [9.17, 15) is 9.18 Å². The third-order valence-electron chi connectivity index (χ3n) is 2.40. The predicted molar refractivity (Wildman–Crippen MR) is 65.9 cm³/mol. The number of hydrogen-bond acceptors (Lipinski definition) is 1. The minimum absolute atomic E-state index is 0.0712. The Balaban J connectivity index is 2.17. The number of halogens is 2. The number of hydrogen-bond donors (Lipinski definition) is 0. The van der Waals surface area contributed by atoms with Gasteiger partial charge in [0.05, 0.1) is 0 Å². The Hall–Kier alpha value is -1.67. The van der Waals surface area contributed by atoms with Crippen LogP contribution in [0.3, 0.4) is 0 Å². The largest absolute Gasteiger partial charge is 0.294 e. The van der Waals surface area contributed by atoms with E-state index in [0.29, 0.717) is 16.1 Å². The molecule has 2 aromatic rings. The molecule has 0 unspecified atom stereocenters. The highest BCUT2D eigenvalue weighted by molar-refractivity contribution is 6.31. The second kappa shape index (κ2) is 5.11. The lowest BCUT2D eigenvalue weighted by Crippen LogP contribution is -2.03. The zero-order valence-electron chi connectivity index (χ0n) is 8.99. The van der Waals surface area contributed by atoms with E-state index in [4.69, 9.17) is 11.6 Å². The third kappa shape index (κ3) is 3.14. The van der Waals surface area contributed by atoms with E-state index >= 15 is 0 Å². The van der Waals surface area contributed by atoms with Gasteiger partial charge in [0.15, 0.2) is 5.78 Å². The van der Waals surface area contributed by atoms with Crippen LogP contribution >= 0.6 is 11.6 Å². The van der Waals surface area contributed by atoms with Gasteiger partial charge in [-0.05, 0) is 29.8 Å². The fourth-order valence-corrected chi connectivity index (χ4v) is 1.79. The van der Waals surface area contributed by atoms with Gasteiger partial charge in [-0.1, -0.05) is 35.9 Å². The average molecular weight is 249 g/mol. The summed E-state index contributed by atoms with van der Waals surface area (Å²) < 4.78 is 13.0. The van der Waals surface area contributed by atoms with Crippen LogP contribution in [-0.4, -0.2) is 5.78 Å². The van der Waals surface area contributed by atoms with Gasteiger partial charge < -0.3 is 0 Å². The van der Waals surface area contributed by atoms with Crippen molar-refractivity contribution in [3.63, 3.8) is 0 Å². The Bertz CT molecular complexity index is 551. The summed E-state index contributed by atoms with van der Waals surface area (Å²) in [5.74, 6) is -0.403. The normalized spacial score (nSPS) is 10.2. The van der Waals surface area contributed by atoms with Crippen LogP contribution in [0, 0.1) is 5.82 Å². The van der Waals surface area contributed by atoms with E-state index in [1.165, 1.54) is 12.1 Å². The van der Waals surface area contributed by atoms with E-state index in [0.717, 1.165) is 0 Å². The maximum absolute atomic E-state index is 13.0. The predicted octanol–water partition coefficient (Wildman–Crippen LogP) is 3.90. The number of benzene rings is 2. The molecule has 0 amide bonds. The summed E-state index contributed by atoms with van der Waals surface area (Å²) >= 11 is 5.80. The molecule has 0 saturated heterocycles. The van der Waals surface area contributed by atoms with E-state index in [-0.39, 0.29) is 18.0 Å². The maximum atomic E-state index is 13.0. The SMILES string of the molecule is O=C(Cc1cccc(F)c1)c1cccc(Cl)c1. The monoisotopic (exact) mass is 248 g/mol. The van der Waals surface area contributed by atoms with Crippen molar-refractivity contribution in [2.75, 3.05) is 0 Å². The number of carbonyl (C=O) groups excluding carboxylic acids is 1. The van der Waals surface area contributed by atoms with Crippen LogP contribution in [0.4, 0.5) is 4.39 Å². The Labute approximate surface area is 104 Å². The van der Waals surface area contributed by atoms with Gasteiger partial charge in [0.2, 0.25) is 0 Å². The van der Waals surface area contributed by atoms with Crippen molar-refractivity contribution in [2.24, 2.45) is 0 Å². The summed E-state index contributed by atoms with van der Waals surface area (Å²) in [6, 6.07) is 12.8. The molecular weight excluding hydrogens is 239 g/mol. The summed E-state index contributed by atoms with van der Waals surface area (Å²) in [5.41, 5.74) is 1.21. The highest BCUT2D eigenvalue weighted by Gasteiger charge is 2.07. The molecule has 0 bridgehead atoms. The number of rotatable bonds is 3. The van der Waals surface area contributed by atoms with Crippen molar-refractivity contribution in [3.8, 4) is 0 Å². The first kappa shape index (κ1) is 11.8. The van der Waals surface area contributed by atoms with Crippen LogP contribution in [0.15, 0.2) is 48.5 Å². The average Bonchev–Trinajstić information content (AvgIpc) is 2.29. The van der Waals surface area contributed by atoms with Crippen molar-refractivity contribution < 1.29 is 9.18 Å². The first-order valence-corrected chi connectivity index (χ1v) is 5.56. The van der Waals surface area contributed by atoms with Crippen molar-refractivity contribution in [1.29, 1.82) is 0 Å². The molecule has 0 fully saturated rings. The van der Waals surface area contributed by atoms with E-state index in [1.54, 1.807) is 36.4 Å². The lowest BCUT2D eigenvalue weighted by molar-refractivity contribution is 0.0993. The number of ketones is 1. The smallest absolute Gasteiger partial charge is 0.167 e. The molecule has 17 heavy (non-hydrogen) atoms. The molecule has 0 aliphatic rings. The van der Waals surface area contributed by atoms with Gasteiger partial charge in [-0.3, -0.25) is 4.79 Å². The Morgan fingerprint density at radius 2 is 1.88 bits per heavy atom. The van der Waals surface area contributed by atoms with Gasteiger partial charge in [-0.2, -0.15) is 0 Å². The maximum Gasteiger partial charge on any atom is 0.167 e. The Morgan fingerprint density at radius 1 is 1.12 bits per heavy atom. The molecule has 0 radical (unpaired) electrons. The molecule has 0 aliphatic heterocycles. The second-order valence-electron chi connectivity index (χ2n) is 3.74. The molecule has 0 atom stereocenters. The first-order chi connectivity index (χ1) is 8.15. The van der Waals surface area contributed by atoms with Crippen molar-refractivity contribution in [1.82, 2.24) is 0 Å². The third-order valence-corrected chi connectivity index (χ3v) is 2.64. The minimum Gasteiger partial charge on any atom is -0.294 e. The van der Waals surface area contributed by atoms with Crippen molar-refractivity contribution in [2.45, 2.75) is 6.42 Å². The van der Waals surface area contributed by atoms with Gasteiger partial charge in [-0.15, -0.1) is 0 Å². The molecule has 1 nitrogen and oxygen atoms in total. The van der Waals surface area contributed by atoms with Crippen LogP contribution in [0.5, 0.6) is 0 Å². The van der Waals surface area contributed by atoms with Crippen LogP contribution in [0.2, 0.25) is 5.02 Å². The Kier molecular flexibility index (Phi) is 3.55. The van der Waals surface area contributed by atoms with Crippen LogP contribution in [0.1, 0.15) is 15.9 Å². The topological polar surface area (TPSA) is 17.1 Å². The van der Waals surface area contributed by atoms with E-state index in [1.807, 2.05) is 0 Å².